The van der Waals surface area contributed by atoms with Crippen molar-refractivity contribution in [3.63, 3.8) is 0 Å². The van der Waals surface area contributed by atoms with Crippen LogP contribution < -0.4 is 5.32 Å². The summed E-state index contributed by atoms with van der Waals surface area (Å²) in [5.74, 6) is 0.472. The average molecular weight is 326 g/mol. The zero-order valence-electron chi connectivity index (χ0n) is 13.0. The number of thiophene rings is 1. The molecule has 3 aromatic rings. The van der Waals surface area contributed by atoms with Crippen LogP contribution in [-0.4, -0.2) is 20.7 Å². The summed E-state index contributed by atoms with van der Waals surface area (Å²) < 4.78 is 3.13. The van der Waals surface area contributed by atoms with Gasteiger partial charge in [-0.2, -0.15) is 5.10 Å². The number of hydrogen-bond acceptors (Lipinski definition) is 4. The van der Waals surface area contributed by atoms with Crippen LogP contribution in [0, 0.1) is 6.92 Å². The zero-order valence-corrected chi connectivity index (χ0v) is 13.8. The summed E-state index contributed by atoms with van der Waals surface area (Å²) in [6.45, 7) is 1.97. The molecule has 0 atom stereocenters. The van der Waals surface area contributed by atoms with E-state index in [0.717, 1.165) is 28.6 Å². The Balaban J connectivity index is 1.61. The summed E-state index contributed by atoms with van der Waals surface area (Å²) >= 11 is 1.64. The second-order valence-corrected chi connectivity index (χ2v) is 6.92. The number of nitrogens with zero attached hydrogens (tertiary/aromatic N) is 3. The summed E-state index contributed by atoms with van der Waals surface area (Å²) in [7, 11) is 0. The normalized spacial score (nSPS) is 15.3. The first-order chi connectivity index (χ1) is 11.2. The van der Waals surface area contributed by atoms with E-state index in [1.54, 1.807) is 23.7 Å². The Hall–Kier alpha value is -2.21. The maximum absolute atomic E-state index is 12.6. The summed E-state index contributed by atoms with van der Waals surface area (Å²) in [5, 5.41) is 10.4. The highest BCUT2D eigenvalue weighted by Crippen LogP contribution is 2.31. The van der Waals surface area contributed by atoms with Crippen molar-refractivity contribution in [2.45, 2.75) is 38.6 Å². The lowest BCUT2D eigenvalue weighted by Crippen LogP contribution is -2.15. The first-order valence-electron chi connectivity index (χ1n) is 7.91. The van der Waals surface area contributed by atoms with Crippen LogP contribution in [0.2, 0.25) is 0 Å². The van der Waals surface area contributed by atoms with Gasteiger partial charge in [0.1, 0.15) is 5.82 Å². The van der Waals surface area contributed by atoms with Gasteiger partial charge in [-0.05, 0) is 37.3 Å². The lowest BCUT2D eigenvalue weighted by Gasteiger charge is -2.12. The van der Waals surface area contributed by atoms with E-state index in [1.165, 1.54) is 12.8 Å². The van der Waals surface area contributed by atoms with E-state index < -0.39 is 0 Å². The first kappa shape index (κ1) is 14.4. The minimum Gasteiger partial charge on any atom is -0.306 e. The maximum atomic E-state index is 12.6. The second-order valence-electron chi connectivity index (χ2n) is 5.97. The fourth-order valence-electron chi connectivity index (χ4n) is 3.33. The van der Waals surface area contributed by atoms with E-state index in [0.29, 0.717) is 17.4 Å². The topological polar surface area (TPSA) is 59.8 Å². The third-order valence-corrected chi connectivity index (χ3v) is 5.45. The summed E-state index contributed by atoms with van der Waals surface area (Å²) in [6, 6.07) is 4.38. The van der Waals surface area contributed by atoms with Crippen molar-refractivity contribution in [2.75, 3.05) is 5.32 Å². The predicted molar refractivity (Wildman–Crippen MR) is 92.0 cm³/mol. The van der Waals surface area contributed by atoms with E-state index >= 15 is 0 Å². The van der Waals surface area contributed by atoms with Crippen LogP contribution in [0.4, 0.5) is 5.82 Å². The molecule has 3 aromatic heterocycles. The van der Waals surface area contributed by atoms with Crippen molar-refractivity contribution in [2.24, 2.45) is 0 Å². The number of rotatable bonds is 3. The number of nitrogens with one attached hydrogen (secondary N) is 1. The van der Waals surface area contributed by atoms with Gasteiger partial charge in [-0.15, -0.1) is 11.3 Å². The molecule has 0 aliphatic heterocycles. The summed E-state index contributed by atoms with van der Waals surface area (Å²) in [6.07, 6.45) is 8.20. The Bertz CT molecular complexity index is 860. The van der Waals surface area contributed by atoms with Gasteiger partial charge in [-0.1, -0.05) is 12.8 Å². The molecule has 23 heavy (non-hydrogen) atoms. The van der Waals surface area contributed by atoms with Gasteiger partial charge in [0.15, 0.2) is 0 Å². The van der Waals surface area contributed by atoms with Gasteiger partial charge in [-0.25, -0.2) is 4.98 Å². The van der Waals surface area contributed by atoms with Gasteiger partial charge in [0.25, 0.3) is 5.91 Å². The Morgan fingerprint density at radius 3 is 3.00 bits per heavy atom. The Kier molecular flexibility index (Phi) is 3.61. The monoisotopic (exact) mass is 326 g/mol. The lowest BCUT2D eigenvalue weighted by atomic mass is 10.2. The molecule has 4 rings (SSSR count). The number of carbonyl (C=O) groups excluding carboxylic acids is 1. The zero-order chi connectivity index (χ0) is 15.8. The van der Waals surface area contributed by atoms with Crippen LogP contribution in [0.5, 0.6) is 0 Å². The Morgan fingerprint density at radius 1 is 1.35 bits per heavy atom. The van der Waals surface area contributed by atoms with E-state index in [-0.39, 0.29) is 5.91 Å². The largest absolute Gasteiger partial charge is 0.306 e. The second kappa shape index (κ2) is 5.77. The Morgan fingerprint density at radius 2 is 2.17 bits per heavy atom. The quantitative estimate of drug-likeness (QED) is 0.786. The fraction of sp³-hybridized carbons (Fsp3) is 0.353. The highest BCUT2D eigenvalue weighted by atomic mass is 32.1. The van der Waals surface area contributed by atoms with Crippen molar-refractivity contribution in [3.8, 4) is 0 Å². The van der Waals surface area contributed by atoms with Crippen molar-refractivity contribution >= 4 is 33.1 Å². The van der Waals surface area contributed by atoms with Crippen LogP contribution in [-0.2, 0) is 0 Å². The molecule has 1 aliphatic rings. The van der Waals surface area contributed by atoms with E-state index in [1.807, 2.05) is 29.1 Å². The number of hydrogen-bond donors (Lipinski definition) is 1. The Labute approximate surface area is 138 Å². The highest BCUT2D eigenvalue weighted by Gasteiger charge is 2.23. The van der Waals surface area contributed by atoms with Crippen molar-refractivity contribution in [1.82, 2.24) is 14.8 Å². The van der Waals surface area contributed by atoms with Gasteiger partial charge in [0, 0.05) is 22.0 Å². The van der Waals surface area contributed by atoms with Crippen LogP contribution in [0.1, 0.15) is 47.8 Å². The molecule has 1 N–H and O–H groups in total. The molecule has 3 heterocycles. The van der Waals surface area contributed by atoms with Gasteiger partial charge in [-0.3, -0.25) is 9.48 Å². The fourth-order valence-corrected chi connectivity index (χ4v) is 4.11. The number of anilines is 1. The number of fused-ring (bicyclic) bond motifs is 1. The van der Waals surface area contributed by atoms with Crippen molar-refractivity contribution in [3.05, 3.63) is 41.2 Å². The number of amides is 1. The molecule has 0 radical (unpaired) electrons. The van der Waals surface area contributed by atoms with E-state index in [4.69, 9.17) is 0 Å². The number of carbonyl (C=O) groups is 1. The van der Waals surface area contributed by atoms with Crippen molar-refractivity contribution in [1.29, 1.82) is 0 Å². The third kappa shape index (κ3) is 2.53. The average Bonchev–Trinajstić information content (AvgIpc) is 3.27. The summed E-state index contributed by atoms with van der Waals surface area (Å²) in [5.41, 5.74) is 1.57. The van der Waals surface area contributed by atoms with Crippen LogP contribution in [0.3, 0.4) is 0 Å². The number of pyridine rings is 1. The van der Waals surface area contributed by atoms with E-state index in [2.05, 4.69) is 15.4 Å². The van der Waals surface area contributed by atoms with Crippen molar-refractivity contribution < 1.29 is 4.79 Å². The smallest absolute Gasteiger partial charge is 0.260 e. The molecule has 118 valence electrons. The van der Waals surface area contributed by atoms with Gasteiger partial charge < -0.3 is 5.32 Å². The summed E-state index contributed by atoms with van der Waals surface area (Å²) in [4.78, 5) is 16.9. The van der Waals surface area contributed by atoms with Crippen LogP contribution in [0.15, 0.2) is 29.9 Å². The first-order valence-corrected chi connectivity index (χ1v) is 8.79. The molecule has 1 fully saturated rings. The number of aromatic nitrogens is 3. The molecule has 0 spiro atoms. The highest BCUT2D eigenvalue weighted by molar-refractivity contribution is 7.17. The molecule has 1 aliphatic carbocycles. The minimum atomic E-state index is -0.141. The minimum absolute atomic E-state index is 0.141. The molecule has 1 amide bonds. The molecule has 0 aromatic carbocycles. The molecule has 6 heteroatoms. The third-order valence-electron chi connectivity index (χ3n) is 4.57. The lowest BCUT2D eigenvalue weighted by molar-refractivity contribution is 0.102. The SMILES string of the molecule is Cc1c(C(=O)Nc2nccc3sccc23)cnn1C1CCCC1. The van der Waals surface area contributed by atoms with Crippen LogP contribution >= 0.6 is 11.3 Å². The molecule has 1 saturated carbocycles. The maximum Gasteiger partial charge on any atom is 0.260 e. The van der Waals surface area contributed by atoms with E-state index in [9.17, 15) is 4.79 Å². The standard InChI is InChI=1S/C17H18N4OS/c1-11-14(10-19-21(11)12-4-2-3-5-12)17(22)20-16-13-7-9-23-15(13)6-8-18-16/h6-10,12H,2-5H2,1H3,(H,18,20,22). The van der Waals surface area contributed by atoms with Crippen LogP contribution in [0.25, 0.3) is 10.1 Å². The van der Waals surface area contributed by atoms with Gasteiger partial charge >= 0.3 is 0 Å². The molecule has 5 nitrogen and oxygen atoms in total. The molecule has 0 bridgehead atoms. The van der Waals surface area contributed by atoms with Gasteiger partial charge in [0.05, 0.1) is 17.8 Å². The molecule has 0 unspecified atom stereocenters. The molecule has 0 saturated heterocycles. The molecular formula is C17H18N4OS. The molecular weight excluding hydrogens is 308 g/mol. The predicted octanol–water partition coefficient (Wildman–Crippen LogP) is 4.17. The van der Waals surface area contributed by atoms with Gasteiger partial charge in [0.2, 0.25) is 0 Å².